The first-order chi connectivity index (χ1) is 23.2. The third kappa shape index (κ3) is 14.4. The van der Waals surface area contributed by atoms with Crippen molar-refractivity contribution in [1.82, 2.24) is 21.3 Å². The monoisotopic (exact) mass is 674 g/mol. The minimum absolute atomic E-state index is 0.0482. The number of aliphatic hydroxyl groups excluding tert-OH is 1. The van der Waals surface area contributed by atoms with Gasteiger partial charge in [0.05, 0.1) is 12.1 Å². The highest BCUT2D eigenvalue weighted by atomic mass is 16.6. The molecule has 4 amide bonds. The predicted molar refractivity (Wildman–Crippen MR) is 188 cm³/mol. The van der Waals surface area contributed by atoms with Crippen LogP contribution in [0.15, 0.2) is 84.9 Å². The number of carbonyl (C=O) groups is 4. The molecule has 0 aliphatic rings. The van der Waals surface area contributed by atoms with Crippen LogP contribution >= 0.6 is 0 Å². The summed E-state index contributed by atoms with van der Waals surface area (Å²) in [5.41, 5.74) is 2.58. The van der Waals surface area contributed by atoms with Gasteiger partial charge in [-0.25, -0.2) is 14.4 Å². The number of carbonyl (C=O) groups excluding carboxylic acids is 3. The fourth-order valence-corrected chi connectivity index (χ4v) is 5.28. The number of amides is 4. The number of aliphatic carboxylic acids is 1. The Labute approximate surface area is 288 Å². The maximum Gasteiger partial charge on any atom is 0.407 e. The van der Waals surface area contributed by atoms with E-state index in [1.165, 1.54) is 0 Å². The molecular weight excluding hydrogens is 624 g/mol. The van der Waals surface area contributed by atoms with Crippen molar-refractivity contribution in [3.05, 3.63) is 107 Å². The second-order valence-corrected chi connectivity index (χ2v) is 13.6. The number of hydrogen-bond acceptors (Lipinski definition) is 6. The largest absolute Gasteiger partial charge is 0.480 e. The van der Waals surface area contributed by atoms with E-state index in [4.69, 9.17) is 4.74 Å². The molecule has 6 N–H and O–H groups in total. The minimum Gasteiger partial charge on any atom is -0.480 e. The molecule has 3 aromatic carbocycles. The lowest BCUT2D eigenvalue weighted by Crippen LogP contribution is -2.54. The lowest BCUT2D eigenvalue weighted by Gasteiger charge is -2.27. The van der Waals surface area contributed by atoms with E-state index in [1.807, 2.05) is 74.5 Å². The van der Waals surface area contributed by atoms with Gasteiger partial charge in [-0.2, -0.15) is 0 Å². The van der Waals surface area contributed by atoms with E-state index in [0.717, 1.165) is 22.3 Å². The van der Waals surface area contributed by atoms with E-state index < -0.39 is 53.8 Å². The van der Waals surface area contributed by atoms with Crippen LogP contribution in [0.1, 0.15) is 63.3 Å². The molecule has 3 aromatic rings. The second-order valence-electron chi connectivity index (χ2n) is 13.6. The van der Waals surface area contributed by atoms with Gasteiger partial charge in [-0.3, -0.25) is 4.79 Å². The van der Waals surface area contributed by atoms with Gasteiger partial charge in [-0.1, -0.05) is 98.8 Å². The van der Waals surface area contributed by atoms with Gasteiger partial charge < -0.3 is 36.2 Å². The molecule has 11 nitrogen and oxygen atoms in total. The van der Waals surface area contributed by atoms with Crippen molar-refractivity contribution in [2.45, 2.75) is 96.7 Å². The van der Waals surface area contributed by atoms with Gasteiger partial charge in [0, 0.05) is 19.4 Å². The zero-order valence-electron chi connectivity index (χ0n) is 28.9. The molecule has 0 spiro atoms. The first-order valence-electron chi connectivity index (χ1n) is 16.6. The fraction of sp³-hybridized carbons (Fsp3) is 0.421. The first kappa shape index (κ1) is 38.5. The molecule has 0 saturated heterocycles. The molecule has 0 aliphatic carbocycles. The Balaban J connectivity index is 1.62. The normalized spacial score (nSPS) is 13.8. The van der Waals surface area contributed by atoms with Crippen molar-refractivity contribution in [2.75, 3.05) is 0 Å². The SMILES string of the molecule is CC(C)C[C@H](NC(=O)NCc1cccc(C[C@H](O)[C@H](Cc2ccccc2)NC(=O)OC(C)(C)C)c1)C(=O)N[C@@H](Cc1ccccc1)C(=O)O. The minimum atomic E-state index is -1.16. The molecule has 0 radical (unpaired) electrons. The number of nitrogens with one attached hydrogen (secondary N) is 4. The highest BCUT2D eigenvalue weighted by molar-refractivity contribution is 5.90. The molecule has 0 heterocycles. The van der Waals surface area contributed by atoms with Gasteiger partial charge in [0.1, 0.15) is 17.7 Å². The van der Waals surface area contributed by atoms with Crippen LogP contribution in [0.3, 0.4) is 0 Å². The van der Waals surface area contributed by atoms with Crippen LogP contribution in [-0.4, -0.2) is 64.0 Å². The molecule has 0 saturated carbocycles. The lowest BCUT2D eigenvalue weighted by molar-refractivity contribution is -0.142. The third-order valence-corrected chi connectivity index (χ3v) is 7.58. The van der Waals surface area contributed by atoms with Crippen molar-refractivity contribution in [3.63, 3.8) is 0 Å². The maximum absolute atomic E-state index is 13.2. The summed E-state index contributed by atoms with van der Waals surface area (Å²) in [5.74, 6) is -1.69. The molecular formula is C38H50N4O7. The van der Waals surface area contributed by atoms with Gasteiger partial charge in [0.25, 0.3) is 0 Å². The molecule has 0 fully saturated rings. The number of aliphatic hydroxyl groups is 1. The Morgan fingerprint density at radius 3 is 1.86 bits per heavy atom. The predicted octanol–water partition coefficient (Wildman–Crippen LogP) is 4.75. The zero-order valence-corrected chi connectivity index (χ0v) is 28.9. The number of hydrogen-bond donors (Lipinski definition) is 6. The summed E-state index contributed by atoms with van der Waals surface area (Å²) in [4.78, 5) is 50.6. The molecule has 4 atom stereocenters. The number of alkyl carbamates (subject to hydrolysis) is 1. The Morgan fingerprint density at radius 2 is 1.29 bits per heavy atom. The fourth-order valence-electron chi connectivity index (χ4n) is 5.28. The maximum atomic E-state index is 13.2. The van der Waals surface area contributed by atoms with Crippen LogP contribution < -0.4 is 21.3 Å². The Hall–Kier alpha value is -4.90. The van der Waals surface area contributed by atoms with Gasteiger partial charge in [0.15, 0.2) is 0 Å². The summed E-state index contributed by atoms with van der Waals surface area (Å²) in [5, 5.41) is 31.9. The summed E-state index contributed by atoms with van der Waals surface area (Å²) < 4.78 is 5.44. The molecule has 0 bridgehead atoms. The molecule has 11 heteroatoms. The van der Waals surface area contributed by atoms with E-state index in [9.17, 15) is 29.4 Å². The average Bonchev–Trinajstić information content (AvgIpc) is 3.03. The zero-order chi connectivity index (χ0) is 36.0. The number of ether oxygens (including phenoxy) is 1. The Bertz CT molecular complexity index is 1510. The topological polar surface area (TPSA) is 166 Å². The van der Waals surface area contributed by atoms with E-state index in [0.29, 0.717) is 12.8 Å². The van der Waals surface area contributed by atoms with Crippen molar-refractivity contribution < 1.29 is 34.1 Å². The van der Waals surface area contributed by atoms with Gasteiger partial charge in [-0.15, -0.1) is 0 Å². The first-order valence-corrected chi connectivity index (χ1v) is 16.6. The van der Waals surface area contributed by atoms with Crippen LogP contribution in [0.25, 0.3) is 0 Å². The summed E-state index contributed by atoms with van der Waals surface area (Å²) in [6.45, 7) is 9.28. The number of carboxylic acid groups (broad SMARTS) is 1. The standard InChI is InChI=1S/C38H50N4O7/c1-25(2)19-31(34(44)40-32(35(45)46)22-27-15-10-7-11-16-27)41-36(47)39-24-29-18-12-17-28(20-29)23-33(43)30(21-26-13-8-6-9-14-26)42-37(48)49-38(3,4)5/h6-18,20,25,30-33,43H,19,21-24H2,1-5H3,(H,40,44)(H,42,48)(H,45,46)(H2,39,41,47)/t30-,31-,32-,33-/m0/s1. The summed E-state index contributed by atoms with van der Waals surface area (Å²) >= 11 is 0. The van der Waals surface area contributed by atoms with Crippen molar-refractivity contribution in [3.8, 4) is 0 Å². The quantitative estimate of drug-likeness (QED) is 0.128. The van der Waals surface area contributed by atoms with Gasteiger partial charge >= 0.3 is 18.1 Å². The number of benzene rings is 3. The smallest absolute Gasteiger partial charge is 0.407 e. The molecule has 49 heavy (non-hydrogen) atoms. The molecule has 0 unspecified atom stereocenters. The van der Waals surface area contributed by atoms with Gasteiger partial charge in [-0.05, 0) is 61.8 Å². The van der Waals surface area contributed by atoms with E-state index in [-0.39, 0.29) is 25.3 Å². The van der Waals surface area contributed by atoms with Crippen LogP contribution in [0.4, 0.5) is 9.59 Å². The summed E-state index contributed by atoms with van der Waals surface area (Å²) in [6, 6.07) is 22.6. The van der Waals surface area contributed by atoms with Crippen LogP contribution in [0.5, 0.6) is 0 Å². The van der Waals surface area contributed by atoms with Crippen molar-refractivity contribution >= 4 is 24.0 Å². The van der Waals surface area contributed by atoms with Crippen LogP contribution in [-0.2, 0) is 40.1 Å². The lowest BCUT2D eigenvalue weighted by atomic mass is 9.95. The number of rotatable bonds is 16. The van der Waals surface area contributed by atoms with E-state index in [2.05, 4.69) is 21.3 Å². The molecule has 264 valence electrons. The second kappa shape index (κ2) is 18.6. The van der Waals surface area contributed by atoms with Crippen molar-refractivity contribution in [1.29, 1.82) is 0 Å². The third-order valence-electron chi connectivity index (χ3n) is 7.58. The van der Waals surface area contributed by atoms with E-state index in [1.54, 1.807) is 45.0 Å². The number of urea groups is 1. The van der Waals surface area contributed by atoms with Crippen molar-refractivity contribution in [2.24, 2.45) is 5.92 Å². The van der Waals surface area contributed by atoms with Crippen LogP contribution in [0.2, 0.25) is 0 Å². The molecule has 3 rings (SSSR count). The summed E-state index contributed by atoms with van der Waals surface area (Å²) in [6.07, 6.45) is -0.504. The summed E-state index contributed by atoms with van der Waals surface area (Å²) in [7, 11) is 0. The highest BCUT2D eigenvalue weighted by Crippen LogP contribution is 2.15. The Kier molecular flexibility index (Phi) is 14.6. The molecule has 0 aromatic heterocycles. The average molecular weight is 675 g/mol. The highest BCUT2D eigenvalue weighted by Gasteiger charge is 2.28. The molecule has 0 aliphatic heterocycles. The Morgan fingerprint density at radius 1 is 0.714 bits per heavy atom. The van der Waals surface area contributed by atoms with Gasteiger partial charge in [0.2, 0.25) is 5.91 Å². The number of carboxylic acids is 1. The van der Waals surface area contributed by atoms with Crippen LogP contribution in [0, 0.1) is 5.92 Å². The van der Waals surface area contributed by atoms with E-state index >= 15 is 0 Å².